The van der Waals surface area contributed by atoms with E-state index in [1.54, 1.807) is 60.7 Å². The average Bonchev–Trinajstić information content (AvgIpc) is 3.44. The third-order valence-electron chi connectivity index (χ3n) is 7.16. The Balaban J connectivity index is 1.47. The Hall–Kier alpha value is -3.22. The quantitative estimate of drug-likeness (QED) is 0.0675. The van der Waals surface area contributed by atoms with Gasteiger partial charge in [-0.2, -0.15) is 0 Å². The van der Waals surface area contributed by atoms with Gasteiger partial charge in [0, 0.05) is 11.1 Å². The molecule has 0 amide bonds. The fourth-order valence-corrected chi connectivity index (χ4v) is 6.65. The number of halogens is 6. The molecule has 0 spiro atoms. The lowest BCUT2D eigenvalue weighted by Crippen LogP contribution is -2.35. The van der Waals surface area contributed by atoms with Crippen molar-refractivity contribution in [2.45, 2.75) is 38.6 Å². The molecule has 0 aromatic heterocycles. The lowest BCUT2D eigenvalue weighted by atomic mass is 10.1. The van der Waals surface area contributed by atoms with E-state index in [4.69, 9.17) is 74.2 Å². The number of carbonyl (C=O) groups is 1. The Bertz CT molecular complexity index is 1850. The van der Waals surface area contributed by atoms with Gasteiger partial charge in [-0.25, -0.2) is 18.1 Å². The molecule has 1 N–H and O–H groups in total. The van der Waals surface area contributed by atoms with Gasteiger partial charge < -0.3 is 19.3 Å². The molecule has 4 aromatic rings. The monoisotopic (exact) mass is 788 g/mol. The minimum absolute atomic E-state index is 0.0608. The van der Waals surface area contributed by atoms with Gasteiger partial charge in [0.25, 0.3) is 0 Å². The number of hydrogen-bond acceptors (Lipinski definition) is 9. The molecule has 2 atom stereocenters. The van der Waals surface area contributed by atoms with E-state index < -0.39 is 69.0 Å². The molecule has 0 bridgehead atoms. The third-order valence-corrected chi connectivity index (χ3v) is 9.87. The third kappa shape index (κ3) is 9.36. The van der Waals surface area contributed by atoms with Crippen molar-refractivity contribution in [1.29, 1.82) is 0 Å². The van der Waals surface area contributed by atoms with Crippen molar-refractivity contribution >= 4 is 60.2 Å². The van der Waals surface area contributed by atoms with Crippen LogP contribution in [0.1, 0.15) is 22.3 Å². The Labute approximate surface area is 305 Å². The van der Waals surface area contributed by atoms with E-state index in [9.17, 15) is 23.2 Å². The molecule has 2 unspecified atom stereocenters. The van der Waals surface area contributed by atoms with E-state index in [0.29, 0.717) is 11.1 Å². The highest BCUT2D eigenvalue weighted by molar-refractivity contribution is 7.48. The summed E-state index contributed by atoms with van der Waals surface area (Å²) in [5.74, 6) is -4.01. The van der Waals surface area contributed by atoms with Gasteiger partial charge in [-0.1, -0.05) is 107 Å². The Morgan fingerprint density at radius 1 is 0.700 bits per heavy atom. The van der Waals surface area contributed by atoms with Crippen LogP contribution in [0.3, 0.4) is 0 Å². The highest BCUT2D eigenvalue weighted by atomic mass is 35.5. The van der Waals surface area contributed by atoms with Gasteiger partial charge >= 0.3 is 13.8 Å². The number of benzene rings is 4. The first-order valence-electron chi connectivity index (χ1n) is 14.7. The summed E-state index contributed by atoms with van der Waals surface area (Å²) in [5.41, 5.74) is 0.852. The van der Waals surface area contributed by atoms with Crippen LogP contribution < -0.4 is 0 Å². The van der Waals surface area contributed by atoms with Crippen LogP contribution in [0, 0.1) is 11.6 Å². The zero-order valence-electron chi connectivity index (χ0n) is 25.7. The molecule has 9 nitrogen and oxygen atoms in total. The second kappa shape index (κ2) is 17.3. The van der Waals surface area contributed by atoms with Crippen LogP contribution in [0.4, 0.5) is 8.78 Å². The lowest BCUT2D eigenvalue weighted by molar-refractivity contribution is -0.148. The first-order valence-corrected chi connectivity index (χ1v) is 17.7. The summed E-state index contributed by atoms with van der Waals surface area (Å²) in [6, 6.07) is 22.6. The summed E-state index contributed by atoms with van der Waals surface area (Å²) in [7, 11) is -4.57. The molecule has 1 aliphatic rings. The molecule has 1 heterocycles. The van der Waals surface area contributed by atoms with Crippen LogP contribution >= 0.6 is 54.2 Å². The number of phosphoric acid groups is 1. The van der Waals surface area contributed by atoms with Crippen LogP contribution in [0.5, 0.6) is 0 Å². The molecular formula is C34H27Cl4F2O9P. The van der Waals surface area contributed by atoms with Crippen molar-refractivity contribution in [3.63, 3.8) is 0 Å². The number of rotatable bonds is 16. The highest BCUT2D eigenvalue weighted by Crippen LogP contribution is 2.53. The summed E-state index contributed by atoms with van der Waals surface area (Å²) in [6.45, 7) is -2.63. The van der Waals surface area contributed by atoms with E-state index in [1.165, 1.54) is 24.3 Å². The zero-order chi connectivity index (χ0) is 35.8. The molecule has 16 heteroatoms. The molecule has 0 aliphatic carbocycles. The predicted molar refractivity (Wildman–Crippen MR) is 181 cm³/mol. The number of carbonyl (C=O) groups excluding carboxylic acids is 1. The molecule has 50 heavy (non-hydrogen) atoms. The van der Waals surface area contributed by atoms with Gasteiger partial charge in [0.2, 0.25) is 5.76 Å². The van der Waals surface area contributed by atoms with Gasteiger partial charge in [0.15, 0.2) is 11.9 Å². The second-order valence-electron chi connectivity index (χ2n) is 10.5. The minimum Gasteiger partial charge on any atom is -0.485 e. The number of phosphoric ester groups is 1. The zero-order valence-corrected chi connectivity index (χ0v) is 29.6. The van der Waals surface area contributed by atoms with E-state index in [0.717, 1.165) is 0 Å². The van der Waals surface area contributed by atoms with Crippen LogP contribution in [-0.2, 0) is 63.6 Å². The molecule has 264 valence electrons. The maximum Gasteiger partial charge on any atom is 0.475 e. The number of ether oxygens (including phenoxy) is 3. The lowest BCUT2D eigenvalue weighted by Gasteiger charge is -2.27. The number of hydrogen-bond donors (Lipinski definition) is 1. The SMILES string of the molecule is O=C1OC(C(CO)OP(=O)(OCc2ccccc2)OCc2ccccc2)C(OCc2c(Cl)ccc(Cl)c2F)=C1OCc1c(Cl)ccc(Cl)c1F. The molecule has 0 saturated heterocycles. The van der Waals surface area contributed by atoms with Crippen molar-refractivity contribution in [3.05, 3.63) is 150 Å². The predicted octanol–water partition coefficient (Wildman–Crippen LogP) is 9.37. The van der Waals surface area contributed by atoms with Crippen molar-refractivity contribution in [2.24, 2.45) is 0 Å². The van der Waals surface area contributed by atoms with E-state index in [-0.39, 0.29) is 44.4 Å². The molecule has 1 aliphatic heterocycles. The van der Waals surface area contributed by atoms with Crippen molar-refractivity contribution < 1.29 is 51.0 Å². The first kappa shape index (κ1) is 38.0. The molecule has 4 aromatic carbocycles. The van der Waals surface area contributed by atoms with Crippen LogP contribution in [-0.4, -0.2) is 29.9 Å². The molecule has 5 rings (SSSR count). The van der Waals surface area contributed by atoms with Gasteiger partial charge in [-0.3, -0.25) is 13.6 Å². The van der Waals surface area contributed by atoms with Crippen molar-refractivity contribution in [2.75, 3.05) is 6.61 Å². The van der Waals surface area contributed by atoms with E-state index in [1.807, 2.05) is 0 Å². The maximum absolute atomic E-state index is 15.0. The first-order chi connectivity index (χ1) is 24.0. The largest absolute Gasteiger partial charge is 0.485 e. The molecule has 0 fully saturated rings. The van der Waals surface area contributed by atoms with Gasteiger partial charge in [-0.05, 0) is 35.4 Å². The summed E-state index contributed by atoms with van der Waals surface area (Å²) < 4.78 is 77.9. The van der Waals surface area contributed by atoms with Crippen LogP contribution in [0.25, 0.3) is 0 Å². The van der Waals surface area contributed by atoms with Crippen LogP contribution in [0.15, 0.2) is 96.4 Å². The maximum atomic E-state index is 15.0. The summed E-state index contributed by atoms with van der Waals surface area (Å²) in [5, 5.41) is 9.84. The second-order valence-corrected chi connectivity index (χ2v) is 13.8. The molecular weight excluding hydrogens is 763 g/mol. The van der Waals surface area contributed by atoms with E-state index >= 15 is 0 Å². The Morgan fingerprint density at radius 2 is 1.16 bits per heavy atom. The topological polar surface area (TPSA) is 110 Å². The van der Waals surface area contributed by atoms with E-state index in [2.05, 4.69) is 0 Å². The normalized spacial score (nSPS) is 15.3. The van der Waals surface area contributed by atoms with Crippen molar-refractivity contribution in [1.82, 2.24) is 0 Å². The fraction of sp³-hybridized carbons (Fsp3) is 0.206. The van der Waals surface area contributed by atoms with Crippen molar-refractivity contribution in [3.8, 4) is 0 Å². The smallest absolute Gasteiger partial charge is 0.475 e. The minimum atomic E-state index is -4.57. The average molecular weight is 790 g/mol. The summed E-state index contributed by atoms with van der Waals surface area (Å²) in [4.78, 5) is 13.2. The summed E-state index contributed by atoms with van der Waals surface area (Å²) >= 11 is 24.2. The standard InChI is InChI=1S/C34H27Cl4F2O9P/c35-24-11-13-26(37)29(39)22(24)18-44-32-31(48-34(42)33(32)45-19-23-25(36)12-14-27(38)30(23)40)28(15-41)49-50(43,46-16-20-7-3-1-4-8-20)47-17-21-9-5-2-6-10-21/h1-14,28,31,41H,15-19H2. The molecule has 0 saturated carbocycles. The van der Waals surface area contributed by atoms with Gasteiger partial charge in [0.1, 0.15) is 31.0 Å². The number of esters is 1. The van der Waals surface area contributed by atoms with Gasteiger partial charge in [0.05, 0.1) is 39.9 Å². The number of aliphatic hydroxyl groups is 1. The number of aliphatic hydroxyl groups excluding tert-OH is 1. The fourth-order valence-electron chi connectivity index (χ4n) is 4.58. The summed E-state index contributed by atoms with van der Waals surface area (Å²) in [6.07, 6.45) is -3.34. The molecule has 0 radical (unpaired) electrons. The Morgan fingerprint density at radius 3 is 1.64 bits per heavy atom. The highest BCUT2D eigenvalue weighted by Gasteiger charge is 2.46. The number of cyclic esters (lactones) is 1. The van der Waals surface area contributed by atoms with Gasteiger partial charge in [-0.15, -0.1) is 0 Å². The van der Waals surface area contributed by atoms with Crippen LogP contribution in [0.2, 0.25) is 20.1 Å². The Kier molecular flexibility index (Phi) is 13.2.